The van der Waals surface area contributed by atoms with E-state index in [9.17, 15) is 9.50 Å². The van der Waals surface area contributed by atoms with E-state index in [1.165, 1.54) is 12.1 Å². The Balaban J connectivity index is 1.83. The van der Waals surface area contributed by atoms with E-state index in [1.54, 1.807) is 12.1 Å². The summed E-state index contributed by atoms with van der Waals surface area (Å²) in [5, 5.41) is 21.9. The maximum atomic E-state index is 12.9. The largest absolute Gasteiger partial charge is 0.493 e. The summed E-state index contributed by atoms with van der Waals surface area (Å²) in [4.78, 5) is 0. The number of nitrogens with zero attached hydrogens (tertiary/aromatic N) is 2. The highest BCUT2D eigenvalue weighted by Crippen LogP contribution is 2.43. The fraction of sp³-hybridized carbons (Fsp3) is 0.333. The van der Waals surface area contributed by atoms with Crippen LogP contribution in [0.2, 0.25) is 0 Å². The van der Waals surface area contributed by atoms with Crippen molar-refractivity contribution in [2.45, 2.75) is 31.6 Å². The molecule has 5 nitrogen and oxygen atoms in total. The molecule has 0 unspecified atom stereocenters. The first-order chi connectivity index (χ1) is 10.1. The topological polar surface area (TPSA) is 87.9 Å². The Labute approximate surface area is 121 Å². The number of benzene rings is 1. The molecule has 0 radical (unpaired) electrons. The molecule has 1 aliphatic rings. The molecule has 1 heterocycles. The van der Waals surface area contributed by atoms with Gasteiger partial charge in [-0.05, 0) is 43.4 Å². The summed E-state index contributed by atoms with van der Waals surface area (Å²) in [7, 11) is 0. The predicted octanol–water partition coefficient (Wildman–Crippen LogP) is 2.13. The molecule has 1 aromatic carbocycles. The number of aromatic nitrogens is 2. The van der Waals surface area contributed by atoms with Gasteiger partial charge in [-0.25, -0.2) is 4.39 Å². The molecule has 1 aliphatic carbocycles. The Hall–Kier alpha value is -2.37. The van der Waals surface area contributed by atoms with Gasteiger partial charge in [0.05, 0.1) is 5.69 Å². The Morgan fingerprint density at radius 2 is 2.00 bits per heavy atom. The van der Waals surface area contributed by atoms with Gasteiger partial charge in [-0.2, -0.15) is 9.78 Å². The van der Waals surface area contributed by atoms with Gasteiger partial charge in [0, 0.05) is 11.5 Å². The van der Waals surface area contributed by atoms with Crippen molar-refractivity contribution in [1.29, 1.82) is 5.41 Å². The molecular weight excluding hydrogens is 271 g/mol. The Bertz CT molecular complexity index is 674. The summed E-state index contributed by atoms with van der Waals surface area (Å²) in [5.74, 6) is -0.238. The summed E-state index contributed by atoms with van der Waals surface area (Å²) < 4.78 is 14.0. The van der Waals surface area contributed by atoms with Crippen LogP contribution >= 0.6 is 0 Å². The van der Waals surface area contributed by atoms with Crippen molar-refractivity contribution in [3.63, 3.8) is 0 Å². The third kappa shape index (κ3) is 2.74. The van der Waals surface area contributed by atoms with E-state index in [-0.39, 0.29) is 17.7 Å². The maximum absolute atomic E-state index is 12.9. The lowest BCUT2D eigenvalue weighted by molar-refractivity contribution is 0.432. The van der Waals surface area contributed by atoms with Crippen LogP contribution in [0.25, 0.3) is 0 Å². The van der Waals surface area contributed by atoms with E-state index in [4.69, 9.17) is 11.1 Å². The molecule has 110 valence electrons. The minimum Gasteiger partial charge on any atom is -0.493 e. The van der Waals surface area contributed by atoms with Crippen LogP contribution in [0, 0.1) is 11.2 Å². The quantitative estimate of drug-likeness (QED) is 0.595. The van der Waals surface area contributed by atoms with Crippen molar-refractivity contribution >= 4 is 5.96 Å². The molecule has 1 saturated carbocycles. The molecule has 0 spiro atoms. The summed E-state index contributed by atoms with van der Waals surface area (Å²) in [6.45, 7) is 0. The van der Waals surface area contributed by atoms with Gasteiger partial charge in [0.2, 0.25) is 11.8 Å². The van der Waals surface area contributed by atoms with Crippen LogP contribution in [-0.4, -0.2) is 20.8 Å². The lowest BCUT2D eigenvalue weighted by Gasteiger charge is -2.03. The smallest absolute Gasteiger partial charge is 0.220 e. The number of nitrogens with two attached hydrogens (primary N) is 1. The first kappa shape index (κ1) is 13.6. The van der Waals surface area contributed by atoms with Gasteiger partial charge in [-0.15, -0.1) is 0 Å². The monoisotopic (exact) mass is 288 g/mol. The number of rotatable bonds is 4. The third-order valence-electron chi connectivity index (χ3n) is 3.76. The standard InChI is InChI=1S/C15H17FN4O/c16-11-6-1-9(2-7-11)3-8-12-13(10-4-5-10)19-20(14(12)21)15(17)18/h1-2,6-7,10,21H,3-5,8H2,(H3,17,18). The Morgan fingerprint density at radius 1 is 1.33 bits per heavy atom. The number of nitrogens with one attached hydrogen (secondary N) is 1. The van der Waals surface area contributed by atoms with Gasteiger partial charge in [0.25, 0.3) is 0 Å². The first-order valence-corrected chi connectivity index (χ1v) is 6.96. The molecule has 0 amide bonds. The molecule has 4 N–H and O–H groups in total. The van der Waals surface area contributed by atoms with Crippen molar-refractivity contribution in [2.75, 3.05) is 0 Å². The zero-order chi connectivity index (χ0) is 15.0. The number of hydrogen-bond acceptors (Lipinski definition) is 3. The zero-order valence-corrected chi connectivity index (χ0v) is 11.5. The molecule has 0 saturated heterocycles. The number of aromatic hydroxyl groups is 1. The number of nitrogen functional groups attached to an aromatic ring is 1. The Kier molecular flexibility index (Phi) is 3.37. The lowest BCUT2D eigenvalue weighted by Crippen LogP contribution is -2.21. The van der Waals surface area contributed by atoms with E-state index in [0.29, 0.717) is 18.8 Å². The summed E-state index contributed by atoms with van der Waals surface area (Å²) >= 11 is 0. The van der Waals surface area contributed by atoms with Crippen molar-refractivity contribution in [3.05, 3.63) is 46.9 Å². The molecule has 1 aromatic heterocycles. The third-order valence-corrected chi connectivity index (χ3v) is 3.76. The highest BCUT2D eigenvalue weighted by atomic mass is 19.1. The second-order valence-corrected chi connectivity index (χ2v) is 5.39. The summed E-state index contributed by atoms with van der Waals surface area (Å²) in [5.41, 5.74) is 8.00. The fourth-order valence-corrected chi connectivity index (χ4v) is 2.47. The van der Waals surface area contributed by atoms with Crippen LogP contribution in [0.4, 0.5) is 4.39 Å². The minimum absolute atomic E-state index is 0.0495. The van der Waals surface area contributed by atoms with Crippen LogP contribution in [0.15, 0.2) is 24.3 Å². The van der Waals surface area contributed by atoms with Crippen LogP contribution in [0.1, 0.15) is 35.6 Å². The van der Waals surface area contributed by atoms with E-state index >= 15 is 0 Å². The highest BCUT2D eigenvalue weighted by Gasteiger charge is 2.32. The van der Waals surface area contributed by atoms with E-state index in [0.717, 1.165) is 34.3 Å². The van der Waals surface area contributed by atoms with Crippen LogP contribution < -0.4 is 5.73 Å². The SMILES string of the molecule is N=C(N)n1nc(C2CC2)c(CCc2ccc(F)cc2)c1O. The predicted molar refractivity (Wildman–Crippen MR) is 77.0 cm³/mol. The molecule has 3 rings (SSSR count). The first-order valence-electron chi connectivity index (χ1n) is 6.96. The number of hydrogen-bond donors (Lipinski definition) is 3. The number of aryl methyl sites for hydroxylation is 1. The average molecular weight is 288 g/mol. The molecule has 6 heteroatoms. The van der Waals surface area contributed by atoms with E-state index in [2.05, 4.69) is 5.10 Å². The van der Waals surface area contributed by atoms with Crippen molar-refractivity contribution in [3.8, 4) is 5.88 Å². The highest BCUT2D eigenvalue weighted by molar-refractivity contribution is 5.78. The molecule has 2 aromatic rings. The van der Waals surface area contributed by atoms with Crippen molar-refractivity contribution < 1.29 is 9.50 Å². The average Bonchev–Trinajstić information content (AvgIpc) is 3.23. The van der Waals surface area contributed by atoms with Gasteiger partial charge in [-0.3, -0.25) is 5.41 Å². The van der Waals surface area contributed by atoms with Gasteiger partial charge in [0.1, 0.15) is 5.82 Å². The minimum atomic E-state index is -0.289. The molecule has 0 aliphatic heterocycles. The van der Waals surface area contributed by atoms with Crippen molar-refractivity contribution in [2.24, 2.45) is 5.73 Å². The van der Waals surface area contributed by atoms with Gasteiger partial charge in [0.15, 0.2) is 0 Å². The molecule has 0 bridgehead atoms. The summed E-state index contributed by atoms with van der Waals surface area (Å²) in [6, 6.07) is 6.32. The van der Waals surface area contributed by atoms with Crippen LogP contribution in [-0.2, 0) is 12.8 Å². The molecule has 1 fully saturated rings. The number of halogens is 1. The van der Waals surface area contributed by atoms with Crippen molar-refractivity contribution in [1.82, 2.24) is 9.78 Å². The molecular formula is C15H17FN4O. The van der Waals surface area contributed by atoms with E-state index in [1.807, 2.05) is 0 Å². The van der Waals surface area contributed by atoms with Gasteiger partial charge in [-0.1, -0.05) is 12.1 Å². The normalized spacial score (nSPS) is 14.3. The van der Waals surface area contributed by atoms with Crippen LogP contribution in [0.5, 0.6) is 5.88 Å². The van der Waals surface area contributed by atoms with Gasteiger partial charge >= 0.3 is 0 Å². The molecule has 0 atom stereocenters. The Morgan fingerprint density at radius 3 is 2.57 bits per heavy atom. The second kappa shape index (κ2) is 5.20. The lowest BCUT2D eigenvalue weighted by atomic mass is 10.0. The second-order valence-electron chi connectivity index (χ2n) is 5.39. The summed E-state index contributed by atoms with van der Waals surface area (Å²) in [6.07, 6.45) is 3.38. The zero-order valence-electron chi connectivity index (χ0n) is 11.5. The van der Waals surface area contributed by atoms with E-state index < -0.39 is 0 Å². The maximum Gasteiger partial charge on any atom is 0.220 e. The molecule has 21 heavy (non-hydrogen) atoms. The van der Waals surface area contributed by atoms with Gasteiger partial charge < -0.3 is 10.8 Å². The fourth-order valence-electron chi connectivity index (χ4n) is 2.47. The van der Waals surface area contributed by atoms with Crippen LogP contribution in [0.3, 0.4) is 0 Å².